The van der Waals surface area contributed by atoms with Gasteiger partial charge in [0.05, 0.1) is 5.02 Å². The van der Waals surface area contributed by atoms with Crippen LogP contribution in [-0.4, -0.2) is 10.9 Å². The molecule has 0 saturated carbocycles. The van der Waals surface area contributed by atoms with Crippen molar-refractivity contribution in [3.8, 4) is 0 Å². The summed E-state index contributed by atoms with van der Waals surface area (Å²) in [4.78, 5) is 16.6. The van der Waals surface area contributed by atoms with Crippen LogP contribution in [0.3, 0.4) is 0 Å². The molecule has 2 aromatic carbocycles. The molecule has 1 heterocycles. The van der Waals surface area contributed by atoms with Crippen molar-refractivity contribution in [1.82, 2.24) is 4.98 Å². The number of benzene rings is 2. The van der Waals surface area contributed by atoms with E-state index in [1.54, 1.807) is 18.2 Å². The van der Waals surface area contributed by atoms with Gasteiger partial charge in [-0.3, -0.25) is 4.79 Å². The summed E-state index contributed by atoms with van der Waals surface area (Å²) in [7, 11) is 0. The molecule has 0 aliphatic heterocycles. The van der Waals surface area contributed by atoms with Gasteiger partial charge >= 0.3 is 0 Å². The number of carbonyl (C=O) groups is 1. The zero-order chi connectivity index (χ0) is 17.8. The summed E-state index contributed by atoms with van der Waals surface area (Å²) in [5.41, 5.74) is 2.81. The van der Waals surface area contributed by atoms with Gasteiger partial charge < -0.3 is 10.6 Å². The van der Waals surface area contributed by atoms with Crippen LogP contribution in [-0.2, 0) is 0 Å². The molecular formula is C19H15ClFN3O. The van der Waals surface area contributed by atoms with Gasteiger partial charge in [0.15, 0.2) is 0 Å². The molecule has 6 heteroatoms. The Labute approximate surface area is 149 Å². The third kappa shape index (κ3) is 4.33. The topological polar surface area (TPSA) is 54.0 Å². The van der Waals surface area contributed by atoms with E-state index in [1.165, 1.54) is 18.3 Å². The van der Waals surface area contributed by atoms with Gasteiger partial charge in [-0.1, -0.05) is 23.7 Å². The molecular weight excluding hydrogens is 341 g/mol. The molecule has 1 amide bonds. The molecule has 4 nitrogen and oxygen atoms in total. The molecule has 3 aromatic rings. The zero-order valence-electron chi connectivity index (χ0n) is 13.4. The van der Waals surface area contributed by atoms with Crippen LogP contribution in [0.5, 0.6) is 0 Å². The Balaban J connectivity index is 1.76. The van der Waals surface area contributed by atoms with Crippen molar-refractivity contribution in [2.75, 3.05) is 10.6 Å². The van der Waals surface area contributed by atoms with Gasteiger partial charge in [0, 0.05) is 23.1 Å². The number of nitrogens with one attached hydrogen (secondary N) is 2. The van der Waals surface area contributed by atoms with E-state index in [0.717, 1.165) is 11.3 Å². The number of aryl methyl sites for hydroxylation is 1. The van der Waals surface area contributed by atoms with Crippen LogP contribution in [0.2, 0.25) is 5.02 Å². The van der Waals surface area contributed by atoms with E-state index in [2.05, 4.69) is 15.6 Å². The normalized spacial score (nSPS) is 10.4. The fourth-order valence-corrected chi connectivity index (χ4v) is 2.47. The summed E-state index contributed by atoms with van der Waals surface area (Å²) in [6.45, 7) is 1.96. The highest BCUT2D eigenvalue weighted by Gasteiger charge is 2.08. The van der Waals surface area contributed by atoms with Crippen molar-refractivity contribution < 1.29 is 9.18 Å². The number of carbonyl (C=O) groups excluding carboxylic acids is 1. The summed E-state index contributed by atoms with van der Waals surface area (Å²) in [5.74, 6) is -0.279. The van der Waals surface area contributed by atoms with Gasteiger partial charge in [-0.05, 0) is 55.0 Å². The number of anilines is 3. The molecule has 3 rings (SSSR count). The van der Waals surface area contributed by atoms with Crippen LogP contribution in [0, 0.1) is 12.7 Å². The van der Waals surface area contributed by atoms with Crippen molar-refractivity contribution >= 4 is 34.7 Å². The molecule has 2 N–H and O–H groups in total. The van der Waals surface area contributed by atoms with Crippen LogP contribution < -0.4 is 10.6 Å². The van der Waals surface area contributed by atoms with E-state index < -0.39 is 5.82 Å². The average Bonchev–Trinajstić information content (AvgIpc) is 2.58. The minimum Gasteiger partial charge on any atom is -0.340 e. The lowest BCUT2D eigenvalue weighted by Gasteiger charge is -2.09. The van der Waals surface area contributed by atoms with Gasteiger partial charge in [0.1, 0.15) is 11.6 Å². The predicted molar refractivity (Wildman–Crippen MR) is 98.1 cm³/mol. The van der Waals surface area contributed by atoms with Crippen molar-refractivity contribution in [3.05, 3.63) is 82.8 Å². The Kier molecular flexibility index (Phi) is 4.95. The van der Waals surface area contributed by atoms with E-state index in [1.807, 2.05) is 31.2 Å². The average molecular weight is 356 g/mol. The maximum atomic E-state index is 13.2. The first kappa shape index (κ1) is 16.9. The van der Waals surface area contributed by atoms with Crippen LogP contribution in [0.1, 0.15) is 15.9 Å². The Hall–Kier alpha value is -2.92. The molecule has 0 saturated heterocycles. The summed E-state index contributed by atoms with van der Waals surface area (Å²) in [5, 5.41) is 5.85. The number of rotatable bonds is 4. The highest BCUT2D eigenvalue weighted by molar-refractivity contribution is 6.31. The largest absolute Gasteiger partial charge is 0.340 e. The third-order valence-corrected chi connectivity index (χ3v) is 3.78. The van der Waals surface area contributed by atoms with Crippen LogP contribution in [0.25, 0.3) is 0 Å². The monoisotopic (exact) mass is 355 g/mol. The van der Waals surface area contributed by atoms with E-state index in [-0.39, 0.29) is 10.9 Å². The second kappa shape index (κ2) is 7.32. The van der Waals surface area contributed by atoms with Gasteiger partial charge in [0.25, 0.3) is 5.91 Å². The number of aromatic nitrogens is 1. The van der Waals surface area contributed by atoms with Crippen molar-refractivity contribution in [3.63, 3.8) is 0 Å². The van der Waals surface area contributed by atoms with E-state index in [9.17, 15) is 9.18 Å². The fraction of sp³-hybridized carbons (Fsp3) is 0.0526. The van der Waals surface area contributed by atoms with Gasteiger partial charge in [0.2, 0.25) is 0 Å². The van der Waals surface area contributed by atoms with Crippen LogP contribution in [0.4, 0.5) is 21.6 Å². The standard InChI is InChI=1S/C19H15ClFN3O/c1-12-3-2-4-14(9-12)24-19(25)13-7-8-22-18(10-13)23-15-5-6-17(21)16(20)11-15/h2-11H,1H3,(H,22,23)(H,24,25). The summed E-state index contributed by atoms with van der Waals surface area (Å²) >= 11 is 5.77. The highest BCUT2D eigenvalue weighted by atomic mass is 35.5. The number of amides is 1. The summed E-state index contributed by atoms with van der Waals surface area (Å²) in [6, 6.07) is 15.0. The first-order valence-corrected chi connectivity index (χ1v) is 7.95. The van der Waals surface area contributed by atoms with Crippen molar-refractivity contribution in [2.45, 2.75) is 6.92 Å². The quantitative estimate of drug-likeness (QED) is 0.678. The minimum absolute atomic E-state index is 0.0124. The predicted octanol–water partition coefficient (Wildman–Crippen LogP) is 5.18. The Bertz CT molecular complexity index is 930. The molecule has 0 aliphatic rings. The first-order valence-electron chi connectivity index (χ1n) is 7.57. The molecule has 0 aliphatic carbocycles. The molecule has 0 atom stereocenters. The van der Waals surface area contributed by atoms with Gasteiger partial charge in [-0.2, -0.15) is 0 Å². The Morgan fingerprint density at radius 1 is 1.08 bits per heavy atom. The van der Waals surface area contributed by atoms with Crippen LogP contribution in [0.15, 0.2) is 60.8 Å². The fourth-order valence-electron chi connectivity index (χ4n) is 2.29. The number of hydrogen-bond acceptors (Lipinski definition) is 3. The van der Waals surface area contributed by atoms with Crippen LogP contribution >= 0.6 is 11.6 Å². The molecule has 0 fully saturated rings. The molecule has 0 spiro atoms. The third-order valence-electron chi connectivity index (χ3n) is 3.49. The first-order chi connectivity index (χ1) is 12.0. The lowest BCUT2D eigenvalue weighted by molar-refractivity contribution is 0.102. The lowest BCUT2D eigenvalue weighted by atomic mass is 10.2. The van der Waals surface area contributed by atoms with E-state index >= 15 is 0 Å². The smallest absolute Gasteiger partial charge is 0.255 e. The molecule has 0 unspecified atom stereocenters. The Morgan fingerprint density at radius 2 is 1.92 bits per heavy atom. The van der Waals surface area contributed by atoms with Crippen molar-refractivity contribution in [1.29, 1.82) is 0 Å². The van der Waals surface area contributed by atoms with Gasteiger partial charge in [-0.15, -0.1) is 0 Å². The molecule has 0 radical (unpaired) electrons. The molecule has 126 valence electrons. The second-order valence-corrected chi connectivity index (χ2v) is 5.91. The SMILES string of the molecule is Cc1cccc(NC(=O)c2ccnc(Nc3ccc(F)c(Cl)c3)c2)c1. The van der Waals surface area contributed by atoms with E-state index in [4.69, 9.17) is 11.6 Å². The molecule has 1 aromatic heterocycles. The Morgan fingerprint density at radius 3 is 2.68 bits per heavy atom. The molecule has 0 bridgehead atoms. The maximum Gasteiger partial charge on any atom is 0.255 e. The number of halogens is 2. The zero-order valence-corrected chi connectivity index (χ0v) is 14.1. The lowest BCUT2D eigenvalue weighted by Crippen LogP contribution is -2.12. The summed E-state index contributed by atoms with van der Waals surface area (Å²) < 4.78 is 13.2. The van der Waals surface area contributed by atoms with E-state index in [0.29, 0.717) is 17.1 Å². The minimum atomic E-state index is -0.494. The van der Waals surface area contributed by atoms with Crippen molar-refractivity contribution in [2.24, 2.45) is 0 Å². The molecule has 25 heavy (non-hydrogen) atoms. The second-order valence-electron chi connectivity index (χ2n) is 5.51. The number of nitrogens with zero attached hydrogens (tertiary/aromatic N) is 1. The van der Waals surface area contributed by atoms with Gasteiger partial charge in [-0.25, -0.2) is 9.37 Å². The highest BCUT2D eigenvalue weighted by Crippen LogP contribution is 2.22. The number of pyridine rings is 1. The maximum absolute atomic E-state index is 13.2. The summed E-state index contributed by atoms with van der Waals surface area (Å²) in [6.07, 6.45) is 1.53. The number of hydrogen-bond donors (Lipinski definition) is 2.